The van der Waals surface area contributed by atoms with E-state index in [2.05, 4.69) is 37.2 Å². The Balaban J connectivity index is 1.68. The second-order valence-corrected chi connectivity index (χ2v) is 5.18. The first-order valence-corrected chi connectivity index (χ1v) is 6.44. The highest BCUT2D eigenvalue weighted by Crippen LogP contribution is 2.15. The van der Waals surface area contributed by atoms with Gasteiger partial charge in [0.2, 0.25) is 0 Å². The largest absolute Gasteiger partial charge is 0.368 e. The van der Waals surface area contributed by atoms with Gasteiger partial charge in [0.1, 0.15) is 11.8 Å². The third-order valence-corrected chi connectivity index (χ3v) is 3.50. The maximum absolute atomic E-state index is 4.32. The molecule has 0 aliphatic rings. The molecule has 3 aromatic heterocycles. The number of aryl methyl sites for hydroxylation is 1. The zero-order valence-electron chi connectivity index (χ0n) is 9.84. The number of aromatic nitrogens is 5. The molecule has 2 N–H and O–H groups in total. The number of hydrogen-bond acceptors (Lipinski definition) is 6. The summed E-state index contributed by atoms with van der Waals surface area (Å²) in [7, 11) is 0. The Labute approximate surface area is 108 Å². The van der Waals surface area contributed by atoms with E-state index >= 15 is 0 Å². The van der Waals surface area contributed by atoms with Crippen molar-refractivity contribution < 1.29 is 0 Å². The van der Waals surface area contributed by atoms with Gasteiger partial charge in [-0.1, -0.05) is 0 Å². The van der Waals surface area contributed by atoms with Crippen molar-refractivity contribution in [2.24, 2.45) is 0 Å². The monoisotopic (exact) mass is 260 g/mol. The van der Waals surface area contributed by atoms with Crippen LogP contribution in [-0.4, -0.2) is 31.5 Å². The third-order valence-electron chi connectivity index (χ3n) is 2.52. The minimum absolute atomic E-state index is 0.678. The molecule has 0 fully saturated rings. The van der Waals surface area contributed by atoms with Gasteiger partial charge in [-0.3, -0.25) is 0 Å². The summed E-state index contributed by atoms with van der Waals surface area (Å²) in [5.74, 6) is 0.783. The number of nitrogens with one attached hydrogen (secondary N) is 2. The molecule has 0 saturated heterocycles. The Bertz CT molecular complexity index is 658. The van der Waals surface area contributed by atoms with Crippen LogP contribution in [0.3, 0.4) is 0 Å². The van der Waals surface area contributed by atoms with Gasteiger partial charge in [0.15, 0.2) is 11.5 Å². The molecule has 0 aliphatic carbocycles. The van der Waals surface area contributed by atoms with Crippen LogP contribution in [0.15, 0.2) is 18.9 Å². The summed E-state index contributed by atoms with van der Waals surface area (Å²) in [6.07, 6.45) is 5.92. The first-order valence-electron chi connectivity index (χ1n) is 5.62. The molecule has 0 aliphatic heterocycles. The Morgan fingerprint density at radius 3 is 3.06 bits per heavy atom. The van der Waals surface area contributed by atoms with Gasteiger partial charge >= 0.3 is 0 Å². The van der Waals surface area contributed by atoms with Gasteiger partial charge < -0.3 is 10.3 Å². The molecule has 0 aromatic carbocycles. The molecule has 7 heteroatoms. The number of imidazole rings is 1. The van der Waals surface area contributed by atoms with E-state index in [1.807, 2.05) is 6.20 Å². The first kappa shape index (κ1) is 11.1. The fraction of sp³-hybridized carbons (Fsp3) is 0.273. The van der Waals surface area contributed by atoms with E-state index in [9.17, 15) is 0 Å². The molecule has 0 spiro atoms. The van der Waals surface area contributed by atoms with Crippen LogP contribution in [0.4, 0.5) is 5.82 Å². The van der Waals surface area contributed by atoms with Gasteiger partial charge in [0.05, 0.1) is 11.3 Å². The number of hydrogen-bond donors (Lipinski definition) is 2. The number of rotatable bonds is 4. The number of thiazole rings is 1. The topological polar surface area (TPSA) is 79.4 Å². The van der Waals surface area contributed by atoms with E-state index in [1.54, 1.807) is 17.7 Å². The van der Waals surface area contributed by atoms with Crippen molar-refractivity contribution in [3.63, 3.8) is 0 Å². The van der Waals surface area contributed by atoms with E-state index in [4.69, 9.17) is 0 Å². The minimum atomic E-state index is 0.678. The Morgan fingerprint density at radius 1 is 1.28 bits per heavy atom. The normalized spacial score (nSPS) is 10.9. The van der Waals surface area contributed by atoms with Crippen LogP contribution in [0.25, 0.3) is 11.2 Å². The predicted molar refractivity (Wildman–Crippen MR) is 70.7 cm³/mol. The lowest BCUT2D eigenvalue weighted by Gasteiger charge is -2.04. The molecule has 0 saturated carbocycles. The zero-order valence-corrected chi connectivity index (χ0v) is 10.7. The molecule has 3 heterocycles. The first-order chi connectivity index (χ1) is 8.83. The smallest absolute Gasteiger partial charge is 0.182 e. The van der Waals surface area contributed by atoms with Gasteiger partial charge in [-0.2, -0.15) is 0 Å². The van der Waals surface area contributed by atoms with E-state index in [0.29, 0.717) is 5.65 Å². The second-order valence-electron chi connectivity index (χ2n) is 3.86. The number of aromatic amines is 1. The Kier molecular flexibility index (Phi) is 2.89. The van der Waals surface area contributed by atoms with Crippen LogP contribution in [0.2, 0.25) is 0 Å². The van der Waals surface area contributed by atoms with Crippen LogP contribution < -0.4 is 5.32 Å². The summed E-state index contributed by atoms with van der Waals surface area (Å²) >= 11 is 1.72. The molecule has 0 atom stereocenters. The zero-order chi connectivity index (χ0) is 12.4. The highest BCUT2D eigenvalue weighted by Gasteiger charge is 2.05. The minimum Gasteiger partial charge on any atom is -0.368 e. The Hall–Kier alpha value is -2.02. The van der Waals surface area contributed by atoms with Crippen molar-refractivity contribution >= 4 is 28.3 Å². The maximum Gasteiger partial charge on any atom is 0.182 e. The molecule has 0 amide bonds. The summed E-state index contributed by atoms with van der Waals surface area (Å²) < 4.78 is 0. The fourth-order valence-corrected chi connectivity index (χ4v) is 2.49. The average Bonchev–Trinajstić information content (AvgIpc) is 2.98. The number of nitrogens with zero attached hydrogens (tertiary/aromatic N) is 4. The standard InChI is InChI=1S/C11H12N6S/c1-7-4-13-8(18-7)2-3-12-10-9-11(15-5-14-9)17-6-16-10/h4-6H,2-3H2,1H3,(H2,12,14,15,16,17). The molecule has 0 radical (unpaired) electrons. The molecule has 6 nitrogen and oxygen atoms in total. The summed E-state index contributed by atoms with van der Waals surface area (Å²) in [5, 5.41) is 4.41. The van der Waals surface area contributed by atoms with Crippen molar-refractivity contribution in [2.75, 3.05) is 11.9 Å². The average molecular weight is 260 g/mol. The predicted octanol–water partition coefficient (Wildman–Crippen LogP) is 1.77. The van der Waals surface area contributed by atoms with Crippen molar-refractivity contribution in [3.8, 4) is 0 Å². The lowest BCUT2D eigenvalue weighted by Crippen LogP contribution is -2.06. The van der Waals surface area contributed by atoms with Gasteiger partial charge in [0, 0.05) is 24.0 Å². The number of H-pyrrole nitrogens is 1. The highest BCUT2D eigenvalue weighted by molar-refractivity contribution is 7.11. The van der Waals surface area contributed by atoms with Crippen LogP contribution in [0, 0.1) is 6.92 Å². The molecule has 92 valence electrons. The SMILES string of the molecule is Cc1cnc(CCNc2ncnc3nc[nH]c23)s1. The summed E-state index contributed by atoms with van der Waals surface area (Å²) in [6, 6.07) is 0. The van der Waals surface area contributed by atoms with Crippen LogP contribution in [-0.2, 0) is 6.42 Å². The maximum atomic E-state index is 4.32. The van der Waals surface area contributed by atoms with Gasteiger partial charge in [-0.05, 0) is 6.92 Å². The van der Waals surface area contributed by atoms with Crippen LogP contribution >= 0.6 is 11.3 Å². The molecule has 3 aromatic rings. The lowest BCUT2D eigenvalue weighted by molar-refractivity contribution is 0.986. The van der Waals surface area contributed by atoms with Gasteiger partial charge in [-0.25, -0.2) is 19.9 Å². The molecule has 0 bridgehead atoms. The summed E-state index contributed by atoms with van der Waals surface area (Å²) in [4.78, 5) is 21.0. The molecule has 18 heavy (non-hydrogen) atoms. The van der Waals surface area contributed by atoms with Crippen molar-refractivity contribution in [1.82, 2.24) is 24.9 Å². The van der Waals surface area contributed by atoms with Crippen molar-refractivity contribution in [1.29, 1.82) is 0 Å². The molecular weight excluding hydrogens is 248 g/mol. The molecule has 3 rings (SSSR count). The van der Waals surface area contributed by atoms with E-state index in [1.165, 1.54) is 11.2 Å². The van der Waals surface area contributed by atoms with E-state index < -0.39 is 0 Å². The lowest BCUT2D eigenvalue weighted by atomic mass is 10.4. The highest BCUT2D eigenvalue weighted by atomic mass is 32.1. The van der Waals surface area contributed by atoms with Crippen LogP contribution in [0.1, 0.15) is 9.88 Å². The van der Waals surface area contributed by atoms with Gasteiger partial charge in [-0.15, -0.1) is 11.3 Å². The van der Waals surface area contributed by atoms with Crippen molar-refractivity contribution in [2.45, 2.75) is 13.3 Å². The summed E-state index contributed by atoms with van der Waals surface area (Å²) in [5.41, 5.74) is 1.52. The second kappa shape index (κ2) is 4.69. The third kappa shape index (κ3) is 2.17. The number of anilines is 1. The quantitative estimate of drug-likeness (QED) is 0.747. The van der Waals surface area contributed by atoms with Crippen LogP contribution in [0.5, 0.6) is 0 Å². The van der Waals surface area contributed by atoms with E-state index in [0.717, 1.165) is 29.3 Å². The molecular formula is C11H12N6S. The number of fused-ring (bicyclic) bond motifs is 1. The van der Waals surface area contributed by atoms with Crippen molar-refractivity contribution in [3.05, 3.63) is 28.7 Å². The fourth-order valence-electron chi connectivity index (χ4n) is 1.70. The van der Waals surface area contributed by atoms with E-state index in [-0.39, 0.29) is 0 Å². The molecule has 0 unspecified atom stereocenters. The summed E-state index contributed by atoms with van der Waals surface area (Å²) in [6.45, 7) is 2.85. The van der Waals surface area contributed by atoms with Gasteiger partial charge in [0.25, 0.3) is 0 Å². The Morgan fingerprint density at radius 2 is 2.22 bits per heavy atom.